The zero-order valence-corrected chi connectivity index (χ0v) is 64.6. The molecule has 6 aromatic rings. The molecule has 9 N–H and O–H groups in total. The maximum atomic E-state index is 14.6. The predicted octanol–water partition coefficient (Wildman–Crippen LogP) is 5.68. The molecular formula is C78H98N13O20S-. The Hall–Kier alpha value is -11.1. The lowest BCUT2D eigenvalue weighted by atomic mass is 9.85. The second-order valence-corrected chi connectivity index (χ2v) is 29.3. The van der Waals surface area contributed by atoms with Gasteiger partial charge in [0.2, 0.25) is 23.3 Å². The summed E-state index contributed by atoms with van der Waals surface area (Å²) in [5.41, 5.74) is 2.70. The van der Waals surface area contributed by atoms with Gasteiger partial charge in [0, 0.05) is 77.7 Å². The quantitative estimate of drug-likeness (QED) is 0.0127. The van der Waals surface area contributed by atoms with E-state index in [9.17, 15) is 66.3 Å². The van der Waals surface area contributed by atoms with Crippen molar-refractivity contribution in [2.75, 3.05) is 107 Å². The summed E-state index contributed by atoms with van der Waals surface area (Å²) in [6.45, 7) is 10.8. The van der Waals surface area contributed by atoms with Crippen LogP contribution < -0.4 is 57.9 Å². The number of aryl methyl sites for hydroxylation is 1. The molecule has 0 aliphatic carbocycles. The Balaban J connectivity index is 0.690. The number of esters is 3. The SMILES string of the molecule is CCCNC(=O)Nc1cccc(S(=O)(=O)Nc2cccc([C@@H](CC(=O)[O-])NC(=O)Nc3ccc(NC(=O)NCCOCCOCCOCCC(=O)N[C@@H](CC(=O)OCCCCN(C)C)C(=O)N4CCC[C@H]4C(=O)N[C@H](C(=O)O[C@]4(CC)C(=O)OCc5c4cc4n(c5=O)Cc5c-4nc4ccccc4c5CC)C(C)C)cc3)c2)c1. The van der Waals surface area contributed by atoms with Crippen LogP contribution in [0.3, 0.4) is 0 Å². The highest BCUT2D eigenvalue weighted by Gasteiger charge is 2.52. The van der Waals surface area contributed by atoms with Gasteiger partial charge in [-0.2, -0.15) is 0 Å². The van der Waals surface area contributed by atoms with Crippen LogP contribution in [0.1, 0.15) is 126 Å². The highest BCUT2D eigenvalue weighted by atomic mass is 32.2. The van der Waals surface area contributed by atoms with Gasteiger partial charge in [-0.05, 0) is 149 Å². The van der Waals surface area contributed by atoms with E-state index in [4.69, 9.17) is 33.4 Å². The van der Waals surface area contributed by atoms with E-state index >= 15 is 0 Å². The van der Waals surface area contributed by atoms with Crippen LogP contribution in [-0.4, -0.2) is 192 Å². The molecule has 0 unspecified atom stereocenters. The van der Waals surface area contributed by atoms with Crippen molar-refractivity contribution in [3.63, 3.8) is 0 Å². The molecule has 1 fully saturated rings. The summed E-state index contributed by atoms with van der Waals surface area (Å²) >= 11 is 0. The first-order chi connectivity index (χ1) is 53.7. The van der Waals surface area contributed by atoms with Gasteiger partial charge >= 0.3 is 36.0 Å². The van der Waals surface area contributed by atoms with Gasteiger partial charge in [-0.25, -0.2) is 37.4 Å². The van der Waals surface area contributed by atoms with E-state index in [1.807, 2.05) is 57.1 Å². The highest BCUT2D eigenvalue weighted by molar-refractivity contribution is 7.92. The Bertz CT molecular complexity index is 4580. The number of hydrogen-bond donors (Lipinski definition) is 9. The number of carboxylic acids is 1. The average molecular weight is 1570 g/mol. The molecule has 0 bridgehead atoms. The number of fused-ring (bicyclic) bond motifs is 5. The smallest absolute Gasteiger partial charge is 0.355 e. The number of amides is 9. The predicted molar refractivity (Wildman–Crippen MR) is 411 cm³/mol. The van der Waals surface area contributed by atoms with Gasteiger partial charge in [-0.15, -0.1) is 0 Å². The van der Waals surface area contributed by atoms with Gasteiger partial charge in [-0.3, -0.25) is 28.7 Å². The van der Waals surface area contributed by atoms with Crippen molar-refractivity contribution in [3.8, 4) is 11.4 Å². The van der Waals surface area contributed by atoms with Gasteiger partial charge in [0.1, 0.15) is 24.7 Å². The lowest BCUT2D eigenvalue weighted by molar-refractivity contribution is -0.306. The minimum atomic E-state index is -4.20. The summed E-state index contributed by atoms with van der Waals surface area (Å²) in [6.07, 6.45) is 1.63. The number of pyridine rings is 2. The lowest BCUT2D eigenvalue weighted by Gasteiger charge is -2.37. The number of ether oxygens (including phenoxy) is 6. The zero-order valence-electron chi connectivity index (χ0n) is 63.8. The molecule has 33 nitrogen and oxygen atoms in total. The number of unbranched alkanes of at least 4 members (excludes halogenated alkanes) is 1. The topological polar surface area (TPSA) is 433 Å². The fraction of sp³-hybridized carbons (Fsp3) is 0.462. The molecule has 602 valence electrons. The Morgan fingerprint density at radius 1 is 0.714 bits per heavy atom. The Morgan fingerprint density at radius 3 is 2.07 bits per heavy atom. The van der Waals surface area contributed by atoms with Crippen LogP contribution in [0, 0.1) is 5.92 Å². The number of hydrogen-bond acceptors (Lipinski definition) is 22. The van der Waals surface area contributed by atoms with Crippen LogP contribution in [0.15, 0.2) is 113 Å². The number of carbonyl (C=O) groups is 10. The van der Waals surface area contributed by atoms with Gasteiger partial charge in [0.25, 0.3) is 15.6 Å². The van der Waals surface area contributed by atoms with Crippen molar-refractivity contribution in [1.29, 1.82) is 0 Å². The number of nitrogens with one attached hydrogen (secondary N) is 9. The van der Waals surface area contributed by atoms with Crippen molar-refractivity contribution in [2.45, 2.75) is 147 Å². The van der Waals surface area contributed by atoms with Crippen LogP contribution in [-0.2, 0) is 97.2 Å². The van der Waals surface area contributed by atoms with E-state index in [1.165, 1.54) is 77.7 Å². The average Bonchev–Trinajstić information content (AvgIpc) is 1.33. The Kier molecular flexibility index (Phi) is 30.5. The molecule has 3 aliphatic rings. The van der Waals surface area contributed by atoms with Crippen LogP contribution in [0.5, 0.6) is 0 Å². The third-order valence-electron chi connectivity index (χ3n) is 18.9. The van der Waals surface area contributed by atoms with Crippen LogP contribution in [0.25, 0.3) is 22.3 Å². The number of nitrogens with zero attached hydrogens (tertiary/aromatic N) is 4. The number of aromatic nitrogens is 2. The van der Waals surface area contributed by atoms with Crippen molar-refractivity contribution in [1.82, 2.24) is 45.9 Å². The Morgan fingerprint density at radius 2 is 1.38 bits per heavy atom. The first-order valence-electron chi connectivity index (χ1n) is 37.4. The van der Waals surface area contributed by atoms with Crippen LogP contribution in [0.4, 0.5) is 37.1 Å². The van der Waals surface area contributed by atoms with Crippen LogP contribution >= 0.6 is 0 Å². The van der Waals surface area contributed by atoms with Crippen molar-refractivity contribution in [3.05, 3.63) is 141 Å². The van der Waals surface area contributed by atoms with Gasteiger partial charge < -0.3 is 95.2 Å². The number of sulfonamides is 1. The van der Waals surface area contributed by atoms with E-state index in [-0.39, 0.29) is 130 Å². The largest absolute Gasteiger partial charge is 0.550 e. The number of aliphatic carboxylic acids is 1. The fourth-order valence-corrected chi connectivity index (χ4v) is 14.4. The van der Waals surface area contributed by atoms with E-state index in [0.29, 0.717) is 49.3 Å². The zero-order chi connectivity index (χ0) is 80.7. The summed E-state index contributed by atoms with van der Waals surface area (Å²) in [7, 11) is -0.367. The molecule has 1 saturated heterocycles. The van der Waals surface area contributed by atoms with Gasteiger partial charge in [-0.1, -0.05) is 71.0 Å². The maximum absolute atomic E-state index is 14.6. The van der Waals surface area contributed by atoms with Crippen molar-refractivity contribution >= 4 is 103 Å². The van der Waals surface area contributed by atoms with Gasteiger partial charge in [0.15, 0.2) is 0 Å². The number of para-hydroxylation sites is 1. The molecule has 2 aromatic heterocycles. The van der Waals surface area contributed by atoms with Crippen molar-refractivity contribution in [2.24, 2.45) is 5.92 Å². The molecule has 5 heterocycles. The third-order valence-corrected chi connectivity index (χ3v) is 20.3. The lowest BCUT2D eigenvalue weighted by Crippen LogP contribution is -2.57. The second-order valence-electron chi connectivity index (χ2n) is 27.7. The highest BCUT2D eigenvalue weighted by Crippen LogP contribution is 2.43. The number of cyclic esters (lactones) is 1. The molecule has 9 amide bonds. The Labute approximate surface area is 648 Å². The van der Waals surface area contributed by atoms with Crippen molar-refractivity contribution < 1.29 is 89.9 Å². The maximum Gasteiger partial charge on any atom is 0.355 e. The summed E-state index contributed by atoms with van der Waals surface area (Å²) in [5.74, 6) is -6.81. The monoisotopic (exact) mass is 1570 g/mol. The number of benzene rings is 4. The number of carboxylic acid groups (broad SMARTS) is 1. The van der Waals surface area contributed by atoms with E-state index < -0.39 is 124 Å². The molecular weight excluding hydrogens is 1470 g/mol. The summed E-state index contributed by atoms with van der Waals surface area (Å²) < 4.78 is 64.9. The molecule has 34 heteroatoms. The molecule has 0 spiro atoms. The minimum Gasteiger partial charge on any atom is -0.550 e. The van der Waals surface area contributed by atoms with E-state index in [0.717, 1.165) is 35.0 Å². The fourth-order valence-electron chi connectivity index (χ4n) is 13.3. The minimum absolute atomic E-state index is 0.0616. The number of carbonyl (C=O) groups excluding carboxylic acids is 10. The molecule has 0 saturated carbocycles. The second kappa shape index (κ2) is 40.2. The van der Waals surface area contributed by atoms with E-state index in [1.54, 1.807) is 31.4 Å². The first-order valence-corrected chi connectivity index (χ1v) is 38.9. The van der Waals surface area contributed by atoms with Gasteiger partial charge in [0.05, 0.1) is 92.6 Å². The third kappa shape index (κ3) is 22.6. The first kappa shape index (κ1) is 84.9. The number of anilines is 4. The molecule has 0 radical (unpaired) electrons. The molecule has 3 aliphatic heterocycles. The number of rotatable bonds is 40. The number of urea groups is 3. The van der Waals surface area contributed by atoms with E-state index in [2.05, 4.69) is 47.3 Å². The van der Waals surface area contributed by atoms with Crippen LogP contribution in [0.2, 0.25) is 0 Å². The molecule has 4 aromatic carbocycles. The standard InChI is InChI=1S/C78H99N13O20S/c1-8-30-79-75(101)83-52-19-16-21-54(42-52)112(104,105)88-53-20-15-18-49(41-53)61(44-66(93)94)86-77(103)82-51-27-25-50(26-28-51)81-76(102)80-31-36-107-38-40-108-39-37-106-35-29-65(92)84-62(45-67(95)109-34-14-13-32-89(6)7)72(98)90-33-17-24-63(90)70(96)87-68(48(4)5)73(99)111-78(10-3)59-43-64-69-57(46-91(64)71(97)58(59)47-110-74(78)100)55(9-2)56-22-11-12-23-60(56)85-69/h11-12,15-16,18-23,25-28,41-43,48,61-63,68,88H,8-10,13-14,17,24,29-40,44-47H2,1-7H3,(H,84,92)(H,87,96)(H,93,94)(H2,79,83,101)(H2,80,81,102)(H2,82,86,103)/p-1/t61-,62+,63+,68+,78+/m1/s1. The summed E-state index contributed by atoms with van der Waals surface area (Å²) in [5, 5.41) is 33.9. The normalized spacial score (nSPS) is 15.7. The number of likely N-dealkylation sites (tertiary alicyclic amines) is 1. The molecule has 9 rings (SSSR count). The summed E-state index contributed by atoms with van der Waals surface area (Å²) in [6, 6.07) is 19.8. The molecule has 112 heavy (non-hydrogen) atoms. The summed E-state index contributed by atoms with van der Waals surface area (Å²) in [4.78, 5) is 157. The molecule has 5 atom stereocenters.